The zero-order valence-electron chi connectivity index (χ0n) is 16.2. The minimum absolute atomic E-state index is 0.000516. The van der Waals surface area contributed by atoms with Crippen LogP contribution in [0.4, 0.5) is 0 Å². The van der Waals surface area contributed by atoms with Crippen LogP contribution in [0.2, 0.25) is 5.02 Å². The second-order valence-corrected chi connectivity index (χ2v) is 8.27. The molecule has 29 heavy (non-hydrogen) atoms. The first-order valence-electron chi connectivity index (χ1n) is 9.79. The van der Waals surface area contributed by atoms with Crippen LogP contribution in [0, 0.1) is 0 Å². The SMILES string of the molecule is O=C(CCCNC(=O)c1ccc(Cl)cc1)NCC(c1cccs1)N1CCOCC1. The van der Waals surface area contributed by atoms with Crippen molar-refractivity contribution in [2.45, 2.75) is 18.9 Å². The second-order valence-electron chi connectivity index (χ2n) is 6.85. The minimum atomic E-state index is -0.160. The molecule has 2 amide bonds. The molecule has 0 radical (unpaired) electrons. The van der Waals surface area contributed by atoms with Crippen molar-refractivity contribution in [3.05, 3.63) is 57.2 Å². The summed E-state index contributed by atoms with van der Waals surface area (Å²) < 4.78 is 5.45. The highest BCUT2D eigenvalue weighted by Gasteiger charge is 2.23. The van der Waals surface area contributed by atoms with Gasteiger partial charge in [-0.25, -0.2) is 0 Å². The Morgan fingerprint density at radius 1 is 1.14 bits per heavy atom. The van der Waals surface area contributed by atoms with Gasteiger partial charge in [-0.2, -0.15) is 0 Å². The van der Waals surface area contributed by atoms with Crippen LogP contribution in [0.5, 0.6) is 0 Å². The van der Waals surface area contributed by atoms with Crippen molar-refractivity contribution in [1.82, 2.24) is 15.5 Å². The van der Waals surface area contributed by atoms with Gasteiger partial charge in [0, 0.05) is 48.1 Å². The van der Waals surface area contributed by atoms with Crippen LogP contribution in [-0.2, 0) is 9.53 Å². The molecule has 0 bridgehead atoms. The van der Waals surface area contributed by atoms with Crippen LogP contribution in [0.25, 0.3) is 0 Å². The summed E-state index contributed by atoms with van der Waals surface area (Å²) in [7, 11) is 0. The molecule has 6 nitrogen and oxygen atoms in total. The molecule has 8 heteroatoms. The Balaban J connectivity index is 1.39. The lowest BCUT2D eigenvalue weighted by Gasteiger charge is -2.34. The summed E-state index contributed by atoms with van der Waals surface area (Å²) in [5.74, 6) is -0.160. The molecule has 1 atom stereocenters. The topological polar surface area (TPSA) is 70.7 Å². The highest BCUT2D eigenvalue weighted by atomic mass is 35.5. The second kappa shape index (κ2) is 11.3. The summed E-state index contributed by atoms with van der Waals surface area (Å²) in [6.07, 6.45) is 0.966. The lowest BCUT2D eigenvalue weighted by molar-refractivity contribution is -0.121. The highest BCUT2D eigenvalue weighted by molar-refractivity contribution is 7.10. The van der Waals surface area contributed by atoms with Gasteiger partial charge in [-0.1, -0.05) is 17.7 Å². The van der Waals surface area contributed by atoms with E-state index in [0.29, 0.717) is 36.5 Å². The minimum Gasteiger partial charge on any atom is -0.379 e. The predicted molar refractivity (Wildman–Crippen MR) is 115 cm³/mol. The number of hydrogen-bond acceptors (Lipinski definition) is 5. The average Bonchev–Trinajstić information content (AvgIpc) is 3.27. The molecule has 0 aliphatic carbocycles. The van der Waals surface area contributed by atoms with Gasteiger partial charge in [-0.3, -0.25) is 14.5 Å². The molecular formula is C21H26ClN3O3S. The van der Waals surface area contributed by atoms with Crippen LogP contribution in [0.1, 0.15) is 34.1 Å². The molecule has 0 spiro atoms. The molecule has 1 saturated heterocycles. The van der Waals surface area contributed by atoms with Crippen LogP contribution < -0.4 is 10.6 Å². The highest BCUT2D eigenvalue weighted by Crippen LogP contribution is 2.25. The molecule has 1 unspecified atom stereocenters. The van der Waals surface area contributed by atoms with Gasteiger partial charge in [0.2, 0.25) is 5.91 Å². The largest absolute Gasteiger partial charge is 0.379 e. The fourth-order valence-electron chi connectivity index (χ4n) is 3.23. The normalized spacial score (nSPS) is 15.6. The van der Waals surface area contributed by atoms with Crippen molar-refractivity contribution in [1.29, 1.82) is 0 Å². The molecular weight excluding hydrogens is 410 g/mol. The lowest BCUT2D eigenvalue weighted by Crippen LogP contribution is -2.43. The van der Waals surface area contributed by atoms with Gasteiger partial charge in [0.15, 0.2) is 0 Å². The standard InChI is InChI=1S/C21H26ClN3O3S/c22-17-7-5-16(6-8-17)21(27)23-9-1-4-20(26)24-15-18(19-3-2-14-29-19)25-10-12-28-13-11-25/h2-3,5-8,14,18H,1,4,9-13,15H2,(H,23,27)(H,24,26). The molecule has 0 saturated carbocycles. The monoisotopic (exact) mass is 435 g/mol. The number of thiophene rings is 1. The molecule has 2 N–H and O–H groups in total. The molecule has 3 rings (SSSR count). The number of ether oxygens (including phenoxy) is 1. The maximum Gasteiger partial charge on any atom is 0.251 e. The van der Waals surface area contributed by atoms with Crippen LogP contribution in [0.15, 0.2) is 41.8 Å². The summed E-state index contributed by atoms with van der Waals surface area (Å²) in [5.41, 5.74) is 0.558. The molecule has 2 aromatic rings. The van der Waals surface area contributed by atoms with E-state index in [2.05, 4.69) is 27.0 Å². The third-order valence-corrected chi connectivity index (χ3v) is 6.05. The first-order chi connectivity index (χ1) is 14.1. The van der Waals surface area contributed by atoms with Gasteiger partial charge in [-0.15, -0.1) is 11.3 Å². The van der Waals surface area contributed by atoms with Crippen molar-refractivity contribution in [3.8, 4) is 0 Å². The summed E-state index contributed by atoms with van der Waals surface area (Å²) in [6.45, 7) is 4.22. The zero-order chi connectivity index (χ0) is 20.5. The van der Waals surface area contributed by atoms with Gasteiger partial charge >= 0.3 is 0 Å². The van der Waals surface area contributed by atoms with E-state index in [0.717, 1.165) is 26.3 Å². The molecule has 1 aromatic heterocycles. The number of carbonyl (C=O) groups excluding carboxylic acids is 2. The van der Waals surface area contributed by atoms with Gasteiger partial charge in [0.25, 0.3) is 5.91 Å². The predicted octanol–water partition coefficient (Wildman–Crippen LogP) is 3.10. The summed E-state index contributed by atoms with van der Waals surface area (Å²) >= 11 is 7.54. The van der Waals surface area contributed by atoms with Crippen molar-refractivity contribution >= 4 is 34.8 Å². The van der Waals surface area contributed by atoms with E-state index in [9.17, 15) is 9.59 Å². The Hall–Kier alpha value is -1.93. The Bertz CT molecular complexity index is 777. The molecule has 1 fully saturated rings. The van der Waals surface area contributed by atoms with Crippen LogP contribution >= 0.6 is 22.9 Å². The van der Waals surface area contributed by atoms with E-state index in [-0.39, 0.29) is 17.9 Å². The van der Waals surface area contributed by atoms with E-state index < -0.39 is 0 Å². The van der Waals surface area contributed by atoms with Gasteiger partial charge < -0.3 is 15.4 Å². The third kappa shape index (κ3) is 6.82. The van der Waals surface area contributed by atoms with E-state index in [1.165, 1.54) is 4.88 Å². The van der Waals surface area contributed by atoms with E-state index in [1.807, 2.05) is 6.07 Å². The van der Waals surface area contributed by atoms with Crippen LogP contribution in [-0.4, -0.2) is 56.1 Å². The fourth-order valence-corrected chi connectivity index (χ4v) is 4.22. The number of morpholine rings is 1. The maximum atomic E-state index is 12.3. The Kier molecular flexibility index (Phi) is 8.49. The van der Waals surface area contributed by atoms with Crippen molar-refractivity contribution in [3.63, 3.8) is 0 Å². The number of nitrogens with zero attached hydrogens (tertiary/aromatic N) is 1. The first-order valence-corrected chi connectivity index (χ1v) is 11.0. The van der Waals surface area contributed by atoms with E-state index in [4.69, 9.17) is 16.3 Å². The first kappa shape index (κ1) is 21.8. The van der Waals surface area contributed by atoms with Crippen LogP contribution in [0.3, 0.4) is 0 Å². The molecule has 156 valence electrons. The summed E-state index contributed by atoms with van der Waals surface area (Å²) in [5, 5.41) is 8.54. The number of benzene rings is 1. The zero-order valence-corrected chi connectivity index (χ0v) is 17.8. The van der Waals surface area contributed by atoms with Gasteiger partial charge in [0.05, 0.1) is 19.3 Å². The third-order valence-electron chi connectivity index (χ3n) is 4.82. The number of hydrogen-bond donors (Lipinski definition) is 2. The van der Waals surface area contributed by atoms with E-state index >= 15 is 0 Å². The maximum absolute atomic E-state index is 12.3. The van der Waals surface area contributed by atoms with Gasteiger partial charge in [0.1, 0.15) is 0 Å². The van der Waals surface area contributed by atoms with Crippen molar-refractivity contribution in [2.24, 2.45) is 0 Å². The molecule has 1 aliphatic rings. The average molecular weight is 436 g/mol. The molecule has 2 heterocycles. The summed E-state index contributed by atoms with van der Waals surface area (Å²) in [6, 6.07) is 11.1. The number of amides is 2. The lowest BCUT2D eigenvalue weighted by atomic mass is 10.1. The number of nitrogens with one attached hydrogen (secondary N) is 2. The quantitative estimate of drug-likeness (QED) is 0.594. The molecule has 1 aromatic carbocycles. The Morgan fingerprint density at radius 3 is 2.59 bits per heavy atom. The Morgan fingerprint density at radius 2 is 1.90 bits per heavy atom. The molecule has 1 aliphatic heterocycles. The smallest absolute Gasteiger partial charge is 0.251 e. The summed E-state index contributed by atoms with van der Waals surface area (Å²) in [4.78, 5) is 27.9. The number of rotatable bonds is 9. The van der Waals surface area contributed by atoms with E-state index in [1.54, 1.807) is 35.6 Å². The Labute approximate surface area is 180 Å². The van der Waals surface area contributed by atoms with Crippen molar-refractivity contribution < 1.29 is 14.3 Å². The number of halogens is 1. The number of carbonyl (C=O) groups is 2. The van der Waals surface area contributed by atoms with Gasteiger partial charge in [-0.05, 0) is 42.1 Å². The fraction of sp³-hybridized carbons (Fsp3) is 0.429. The van der Waals surface area contributed by atoms with Crippen molar-refractivity contribution in [2.75, 3.05) is 39.4 Å².